The maximum absolute atomic E-state index is 13.3. The lowest BCUT2D eigenvalue weighted by molar-refractivity contribution is -0.379. The van der Waals surface area contributed by atoms with Crippen molar-refractivity contribution in [3.8, 4) is 0 Å². The van der Waals surface area contributed by atoms with Crippen LogP contribution in [0.15, 0.2) is 36.5 Å². The molecule has 0 aromatic carbocycles. The van der Waals surface area contributed by atoms with Crippen LogP contribution in [0.2, 0.25) is 0 Å². The Morgan fingerprint density at radius 2 is 0.730 bits per heavy atom. The molecule has 3 fully saturated rings. The molecule has 12 N–H and O–H groups in total. The van der Waals surface area contributed by atoms with Gasteiger partial charge in [-0.05, 0) is 51.4 Å². The lowest BCUT2D eigenvalue weighted by Crippen LogP contribution is -2.66. The average Bonchev–Trinajstić information content (AvgIpc) is 1.88. The van der Waals surface area contributed by atoms with Crippen LogP contribution in [0.1, 0.15) is 271 Å². The van der Waals surface area contributed by atoms with Gasteiger partial charge in [-0.2, -0.15) is 0 Å². The molecule has 3 saturated heterocycles. The second-order valence-electron chi connectivity index (χ2n) is 25.7. The van der Waals surface area contributed by atoms with Crippen molar-refractivity contribution in [2.24, 2.45) is 0 Å². The van der Waals surface area contributed by atoms with Crippen LogP contribution in [0.4, 0.5) is 0 Å². The molecule has 0 aliphatic carbocycles. The highest BCUT2D eigenvalue weighted by atomic mass is 16.8. The zero-order chi connectivity index (χ0) is 64.7. The van der Waals surface area contributed by atoms with Crippen LogP contribution >= 0.6 is 0 Å². The minimum atomic E-state index is -1.98. The monoisotopic (exact) mass is 1270 g/mol. The van der Waals surface area contributed by atoms with Crippen LogP contribution < -0.4 is 5.32 Å². The Balaban J connectivity index is 1.36. The number of nitrogens with one attached hydrogen (secondary N) is 1. The minimum absolute atomic E-state index is 0.225. The van der Waals surface area contributed by atoms with Crippen LogP contribution in [-0.4, -0.2) is 193 Å². The molecule has 89 heavy (non-hydrogen) atoms. The van der Waals surface area contributed by atoms with E-state index >= 15 is 0 Å². The summed E-state index contributed by atoms with van der Waals surface area (Å²) in [4.78, 5) is 13.3. The van der Waals surface area contributed by atoms with E-state index in [9.17, 15) is 61.0 Å². The Hall–Kier alpha value is -1.99. The molecule has 0 aromatic rings. The average molecular weight is 1270 g/mol. The number of rotatable bonds is 55. The van der Waals surface area contributed by atoms with E-state index in [0.29, 0.717) is 12.8 Å². The summed E-state index contributed by atoms with van der Waals surface area (Å²) in [6.45, 7) is 1.67. The van der Waals surface area contributed by atoms with E-state index < -0.39 is 124 Å². The van der Waals surface area contributed by atoms with Crippen molar-refractivity contribution in [2.45, 2.75) is 375 Å². The highest BCUT2D eigenvalue weighted by Gasteiger charge is 2.53. The summed E-state index contributed by atoms with van der Waals surface area (Å²) in [6.07, 6.45) is 34.6. The molecule has 1 amide bonds. The molecule has 0 aromatic heterocycles. The van der Waals surface area contributed by atoms with E-state index in [4.69, 9.17) is 28.4 Å². The second-order valence-corrected chi connectivity index (χ2v) is 25.7. The summed E-state index contributed by atoms with van der Waals surface area (Å²) in [7, 11) is 0. The van der Waals surface area contributed by atoms with Crippen LogP contribution in [0, 0.1) is 0 Å². The molecule has 17 unspecified atom stereocenters. The Bertz CT molecular complexity index is 1760. The summed E-state index contributed by atoms with van der Waals surface area (Å²) in [5.74, 6) is -0.295. The highest BCUT2D eigenvalue weighted by Crippen LogP contribution is 2.33. The van der Waals surface area contributed by atoms with Gasteiger partial charge in [-0.15, -0.1) is 0 Å². The van der Waals surface area contributed by atoms with Crippen molar-refractivity contribution in [1.29, 1.82) is 0 Å². The first-order valence-electron chi connectivity index (χ1n) is 35.7. The second kappa shape index (κ2) is 52.3. The standard InChI is InChI=1S/C70H129NO18/c1-3-5-7-9-11-13-15-16-17-18-19-20-21-22-23-24-25-26-27-28-29-30-31-32-33-34-35-36-38-39-41-43-45-47-54(75)53(71-58(76)48-46-44-42-40-37-14-12-10-8-6-4-2)52-84-68-64(82)61(79)66(56(50-73)86-68)89-70-65(83)62(80)67(57(51-74)87-70)88-69-63(81)60(78)59(77)55(49-72)85-69/h10,12,38-39,45,47,53-57,59-70,72-75,77-83H,3-9,11,13-37,40-44,46,48-52H2,1-2H3,(H,71,76)/b12-10-,39-38+,47-45+. The fourth-order valence-electron chi connectivity index (χ4n) is 12.1. The molecule has 0 radical (unpaired) electrons. The summed E-state index contributed by atoms with van der Waals surface area (Å²) in [5, 5.41) is 120. The summed E-state index contributed by atoms with van der Waals surface area (Å²) in [6, 6.07) is -0.993. The zero-order valence-electron chi connectivity index (χ0n) is 55.2. The molecule has 3 aliphatic rings. The number of aliphatic hydroxyl groups excluding tert-OH is 11. The predicted molar refractivity (Wildman–Crippen MR) is 346 cm³/mol. The molecule has 19 nitrogen and oxygen atoms in total. The number of unbranched alkanes of at least 4 members (excludes halogenated alkanes) is 35. The van der Waals surface area contributed by atoms with E-state index in [1.54, 1.807) is 6.08 Å². The van der Waals surface area contributed by atoms with Crippen LogP contribution in [0.25, 0.3) is 0 Å². The van der Waals surface area contributed by atoms with Gasteiger partial charge in [0, 0.05) is 6.42 Å². The summed E-state index contributed by atoms with van der Waals surface area (Å²) in [5.41, 5.74) is 0. The first kappa shape index (κ1) is 81.2. The smallest absolute Gasteiger partial charge is 0.220 e. The van der Waals surface area contributed by atoms with Gasteiger partial charge in [0.25, 0.3) is 0 Å². The predicted octanol–water partition coefficient (Wildman–Crippen LogP) is 9.61. The number of carbonyl (C=O) groups is 1. The topological polar surface area (TPSA) is 307 Å². The first-order chi connectivity index (χ1) is 43.3. The number of hydrogen-bond donors (Lipinski definition) is 12. The molecule has 522 valence electrons. The molecule has 19 heteroatoms. The number of allylic oxidation sites excluding steroid dienone is 5. The van der Waals surface area contributed by atoms with E-state index in [2.05, 4.69) is 43.5 Å². The Kier molecular flexibility index (Phi) is 47.7. The molecule has 0 saturated carbocycles. The van der Waals surface area contributed by atoms with E-state index in [1.807, 2.05) is 6.08 Å². The SMILES string of the molecule is CCCC/C=C\CCCCCCCC(=O)NC(COC1OC(CO)C(OC2OC(CO)C(OC3OC(CO)C(O)C(O)C3O)C(O)C2O)C(O)C1O)C(O)/C=C/CC/C=C/CCCCCCCCCCCCCCCCCCCCCCCCCCCCC. The quantitative estimate of drug-likeness (QED) is 0.0199. The molecular formula is C70H129NO18. The van der Waals surface area contributed by atoms with Crippen molar-refractivity contribution < 1.29 is 89.4 Å². The van der Waals surface area contributed by atoms with Crippen LogP contribution in [-0.2, 0) is 33.2 Å². The number of amides is 1. The van der Waals surface area contributed by atoms with Gasteiger partial charge in [-0.1, -0.05) is 249 Å². The van der Waals surface area contributed by atoms with Gasteiger partial charge < -0.3 is 89.9 Å². The van der Waals surface area contributed by atoms with Gasteiger partial charge in [0.05, 0.1) is 38.6 Å². The van der Waals surface area contributed by atoms with Crippen molar-refractivity contribution in [3.05, 3.63) is 36.5 Å². The Morgan fingerprint density at radius 3 is 1.16 bits per heavy atom. The van der Waals surface area contributed by atoms with Crippen LogP contribution in [0.5, 0.6) is 0 Å². The van der Waals surface area contributed by atoms with Gasteiger partial charge in [-0.25, -0.2) is 0 Å². The van der Waals surface area contributed by atoms with E-state index in [1.165, 1.54) is 180 Å². The highest BCUT2D eigenvalue weighted by molar-refractivity contribution is 5.76. The largest absolute Gasteiger partial charge is 0.394 e. The van der Waals surface area contributed by atoms with E-state index in [-0.39, 0.29) is 18.9 Å². The number of aliphatic hydroxyl groups is 11. The van der Waals surface area contributed by atoms with Crippen molar-refractivity contribution >= 4 is 5.91 Å². The van der Waals surface area contributed by atoms with Crippen LogP contribution in [0.3, 0.4) is 0 Å². The molecular weight excluding hydrogens is 1140 g/mol. The van der Waals surface area contributed by atoms with Crippen molar-refractivity contribution in [2.75, 3.05) is 26.4 Å². The fourth-order valence-corrected chi connectivity index (χ4v) is 12.1. The third-order valence-corrected chi connectivity index (χ3v) is 17.9. The molecule has 0 spiro atoms. The normalized spacial score (nSPS) is 28.4. The Labute approximate surface area is 536 Å². The third kappa shape index (κ3) is 34.3. The molecule has 3 aliphatic heterocycles. The number of ether oxygens (including phenoxy) is 6. The zero-order valence-corrected chi connectivity index (χ0v) is 55.2. The van der Waals surface area contributed by atoms with Gasteiger partial charge in [0.15, 0.2) is 18.9 Å². The number of hydrogen-bond acceptors (Lipinski definition) is 18. The lowest BCUT2D eigenvalue weighted by atomic mass is 9.96. The van der Waals surface area contributed by atoms with Gasteiger partial charge in [0.1, 0.15) is 73.2 Å². The fraction of sp³-hybridized carbons (Fsp3) is 0.900. The molecule has 3 rings (SSSR count). The van der Waals surface area contributed by atoms with Crippen molar-refractivity contribution in [3.63, 3.8) is 0 Å². The lowest BCUT2D eigenvalue weighted by Gasteiger charge is -2.48. The molecule has 3 heterocycles. The Morgan fingerprint density at radius 1 is 0.393 bits per heavy atom. The summed E-state index contributed by atoms with van der Waals surface area (Å²) < 4.78 is 34.3. The third-order valence-electron chi connectivity index (χ3n) is 17.9. The minimum Gasteiger partial charge on any atom is -0.394 e. The van der Waals surface area contributed by atoms with Gasteiger partial charge >= 0.3 is 0 Å². The summed E-state index contributed by atoms with van der Waals surface area (Å²) >= 11 is 0. The molecule has 17 atom stereocenters. The maximum Gasteiger partial charge on any atom is 0.220 e. The van der Waals surface area contributed by atoms with Gasteiger partial charge in [-0.3, -0.25) is 4.79 Å². The molecule has 0 bridgehead atoms. The van der Waals surface area contributed by atoms with Crippen molar-refractivity contribution in [1.82, 2.24) is 5.32 Å². The number of carbonyl (C=O) groups excluding carboxylic acids is 1. The first-order valence-corrected chi connectivity index (χ1v) is 35.7. The maximum atomic E-state index is 13.3. The van der Waals surface area contributed by atoms with Gasteiger partial charge in [0.2, 0.25) is 5.91 Å². The van der Waals surface area contributed by atoms with E-state index in [0.717, 1.165) is 57.8 Å².